The average Bonchev–Trinajstić information content (AvgIpc) is 2.84. The standard InChI is InChI=1S/C30H41N3S/c1-6-7-23(3)30(5)18-16-25(17-19-30)24(4)34-29(31)26-10-14-28(15-11-26)33-21-20-32-27-12-8-22(2)9-13-27/h10-11,14-18,27,31-33H,2-4,6-9,12-13,19-21H2,1,5H3. The molecule has 0 aliphatic heterocycles. The Morgan fingerprint density at radius 1 is 1.15 bits per heavy atom. The predicted octanol–water partition coefficient (Wildman–Crippen LogP) is 8.01. The van der Waals surface area contributed by atoms with Crippen LogP contribution in [0.15, 0.2) is 83.9 Å². The third kappa shape index (κ3) is 7.35. The van der Waals surface area contributed by atoms with Gasteiger partial charge >= 0.3 is 0 Å². The van der Waals surface area contributed by atoms with Crippen molar-refractivity contribution in [2.45, 2.75) is 64.8 Å². The second kappa shape index (κ2) is 12.4. The quantitative estimate of drug-likeness (QED) is 0.131. The molecule has 0 bridgehead atoms. The second-order valence-corrected chi connectivity index (χ2v) is 10.9. The first-order valence-corrected chi connectivity index (χ1v) is 13.4. The Kier molecular flexibility index (Phi) is 9.61. The fraction of sp³-hybridized carbons (Fsp3) is 0.433. The van der Waals surface area contributed by atoms with Gasteiger partial charge in [0.2, 0.25) is 0 Å². The minimum atomic E-state index is 0.0296. The molecule has 0 spiro atoms. The van der Waals surface area contributed by atoms with Crippen molar-refractivity contribution in [2.24, 2.45) is 5.41 Å². The Morgan fingerprint density at radius 3 is 2.47 bits per heavy atom. The van der Waals surface area contributed by atoms with Gasteiger partial charge < -0.3 is 10.6 Å². The van der Waals surface area contributed by atoms with Gasteiger partial charge in [-0.05, 0) is 56.2 Å². The third-order valence-electron chi connectivity index (χ3n) is 7.01. The molecule has 1 saturated carbocycles. The molecule has 34 heavy (non-hydrogen) atoms. The van der Waals surface area contributed by atoms with Gasteiger partial charge in [0.25, 0.3) is 0 Å². The zero-order chi connectivity index (χ0) is 24.6. The molecule has 3 rings (SSSR count). The lowest BCUT2D eigenvalue weighted by Gasteiger charge is -2.30. The van der Waals surface area contributed by atoms with Gasteiger partial charge in [-0.1, -0.05) is 93.3 Å². The lowest BCUT2D eigenvalue weighted by Crippen LogP contribution is -2.34. The van der Waals surface area contributed by atoms with E-state index in [1.165, 1.54) is 35.7 Å². The smallest absolute Gasteiger partial charge is 0.0990 e. The summed E-state index contributed by atoms with van der Waals surface area (Å²) >= 11 is 1.43. The number of hydrogen-bond donors (Lipinski definition) is 3. The highest BCUT2D eigenvalue weighted by Gasteiger charge is 2.26. The molecule has 2 aliphatic rings. The molecule has 2 aliphatic carbocycles. The normalized spacial score (nSPS) is 20.6. The molecule has 0 amide bonds. The Bertz CT molecular complexity index is 959. The SMILES string of the molecule is C=C1CCC(NCCNc2ccc(C(=N)SC(=C)C3=CCC(C)(C(=C)CCC)C=C3)cc2)CC1. The van der Waals surface area contributed by atoms with Crippen LogP contribution >= 0.6 is 11.8 Å². The van der Waals surface area contributed by atoms with Crippen LogP contribution in [-0.4, -0.2) is 24.2 Å². The summed E-state index contributed by atoms with van der Waals surface area (Å²) in [6.45, 7) is 18.9. The van der Waals surface area contributed by atoms with E-state index in [1.54, 1.807) is 0 Å². The van der Waals surface area contributed by atoms with Crippen molar-refractivity contribution in [1.82, 2.24) is 5.32 Å². The third-order valence-corrected chi connectivity index (χ3v) is 7.93. The van der Waals surface area contributed by atoms with Crippen LogP contribution in [0.4, 0.5) is 5.69 Å². The number of thioether (sulfide) groups is 1. The molecule has 0 aromatic heterocycles. The summed E-state index contributed by atoms with van der Waals surface area (Å²) in [7, 11) is 0. The van der Waals surface area contributed by atoms with Gasteiger partial charge in [-0.15, -0.1) is 0 Å². The average molecular weight is 476 g/mol. The molecule has 0 saturated heterocycles. The van der Waals surface area contributed by atoms with E-state index < -0.39 is 0 Å². The topological polar surface area (TPSA) is 47.9 Å². The molecule has 182 valence electrons. The maximum Gasteiger partial charge on any atom is 0.0990 e. The zero-order valence-electron chi connectivity index (χ0n) is 21.0. The van der Waals surface area contributed by atoms with E-state index in [0.717, 1.165) is 66.9 Å². The molecule has 4 heteroatoms. The van der Waals surface area contributed by atoms with Crippen LogP contribution < -0.4 is 10.6 Å². The number of nitrogens with one attached hydrogen (secondary N) is 3. The van der Waals surface area contributed by atoms with Crippen molar-refractivity contribution in [3.63, 3.8) is 0 Å². The van der Waals surface area contributed by atoms with Gasteiger partial charge in [0.15, 0.2) is 0 Å². The predicted molar refractivity (Wildman–Crippen MR) is 152 cm³/mol. The fourth-order valence-corrected chi connectivity index (χ4v) is 5.25. The fourth-order valence-electron chi connectivity index (χ4n) is 4.48. The minimum Gasteiger partial charge on any atom is -0.384 e. The van der Waals surface area contributed by atoms with Crippen LogP contribution in [0.1, 0.15) is 64.4 Å². The summed E-state index contributed by atoms with van der Waals surface area (Å²) in [5.41, 5.74) is 5.83. The molecule has 0 heterocycles. The molecule has 1 atom stereocenters. The molecule has 3 nitrogen and oxygen atoms in total. The summed E-state index contributed by atoms with van der Waals surface area (Å²) in [4.78, 5) is 0.920. The van der Waals surface area contributed by atoms with Gasteiger partial charge in [0.1, 0.15) is 0 Å². The Hall–Kier alpha value is -2.30. The molecule has 3 N–H and O–H groups in total. The van der Waals surface area contributed by atoms with Gasteiger partial charge in [-0.25, -0.2) is 0 Å². The molecule has 1 fully saturated rings. The molecular weight excluding hydrogens is 434 g/mol. The molecule has 1 unspecified atom stereocenters. The van der Waals surface area contributed by atoms with E-state index in [9.17, 15) is 0 Å². The molecule has 1 aromatic rings. The first-order chi connectivity index (χ1) is 16.3. The van der Waals surface area contributed by atoms with Crippen LogP contribution in [0.3, 0.4) is 0 Å². The van der Waals surface area contributed by atoms with Gasteiger partial charge in [-0.2, -0.15) is 0 Å². The molecule has 1 aromatic carbocycles. The first kappa shape index (κ1) is 26.3. The lowest BCUT2D eigenvalue weighted by molar-refractivity contribution is 0.425. The number of benzene rings is 1. The maximum absolute atomic E-state index is 8.55. The number of hydrogen-bond acceptors (Lipinski definition) is 4. The van der Waals surface area contributed by atoms with Crippen molar-refractivity contribution in [2.75, 3.05) is 18.4 Å². The zero-order valence-corrected chi connectivity index (χ0v) is 21.8. The highest BCUT2D eigenvalue weighted by atomic mass is 32.2. The Morgan fingerprint density at radius 2 is 1.85 bits per heavy atom. The maximum atomic E-state index is 8.55. The van der Waals surface area contributed by atoms with Crippen molar-refractivity contribution in [3.8, 4) is 0 Å². The minimum absolute atomic E-state index is 0.0296. The molecular formula is C30H41N3S. The van der Waals surface area contributed by atoms with E-state index in [1.807, 2.05) is 12.1 Å². The highest BCUT2D eigenvalue weighted by Crippen LogP contribution is 2.40. The summed E-state index contributed by atoms with van der Waals surface area (Å²) in [6, 6.07) is 8.77. The van der Waals surface area contributed by atoms with E-state index in [2.05, 4.69) is 74.6 Å². The van der Waals surface area contributed by atoms with Crippen LogP contribution in [-0.2, 0) is 0 Å². The Labute approximate surface area is 211 Å². The summed E-state index contributed by atoms with van der Waals surface area (Å²) in [5.74, 6) is 0. The van der Waals surface area contributed by atoms with Gasteiger partial charge in [0.05, 0.1) is 5.04 Å². The highest BCUT2D eigenvalue weighted by molar-refractivity contribution is 8.17. The lowest BCUT2D eigenvalue weighted by atomic mass is 9.75. The van der Waals surface area contributed by atoms with Crippen molar-refractivity contribution in [3.05, 3.63) is 89.4 Å². The Balaban J connectivity index is 1.42. The number of rotatable bonds is 11. The van der Waals surface area contributed by atoms with E-state index in [-0.39, 0.29) is 5.41 Å². The van der Waals surface area contributed by atoms with Crippen LogP contribution in [0.25, 0.3) is 0 Å². The monoisotopic (exact) mass is 475 g/mol. The summed E-state index contributed by atoms with van der Waals surface area (Å²) in [5, 5.41) is 16.2. The van der Waals surface area contributed by atoms with Crippen molar-refractivity contribution >= 4 is 22.5 Å². The van der Waals surface area contributed by atoms with E-state index in [0.29, 0.717) is 11.1 Å². The summed E-state index contributed by atoms with van der Waals surface area (Å²) in [6.07, 6.45) is 14.5. The summed E-state index contributed by atoms with van der Waals surface area (Å²) < 4.78 is 0. The van der Waals surface area contributed by atoms with Crippen molar-refractivity contribution < 1.29 is 0 Å². The molecule has 0 radical (unpaired) electrons. The van der Waals surface area contributed by atoms with Gasteiger partial charge in [0, 0.05) is 40.7 Å². The van der Waals surface area contributed by atoms with Gasteiger partial charge in [-0.3, -0.25) is 5.41 Å². The van der Waals surface area contributed by atoms with E-state index >= 15 is 0 Å². The largest absolute Gasteiger partial charge is 0.384 e. The van der Waals surface area contributed by atoms with E-state index in [4.69, 9.17) is 5.41 Å². The van der Waals surface area contributed by atoms with Crippen molar-refractivity contribution in [1.29, 1.82) is 5.41 Å². The van der Waals surface area contributed by atoms with Crippen LogP contribution in [0.2, 0.25) is 0 Å². The number of allylic oxidation sites excluding steroid dienone is 6. The first-order valence-electron chi connectivity index (χ1n) is 12.6. The van der Waals surface area contributed by atoms with Crippen LogP contribution in [0, 0.1) is 10.8 Å². The van der Waals surface area contributed by atoms with Crippen LogP contribution in [0.5, 0.6) is 0 Å². The number of anilines is 1. The second-order valence-electron chi connectivity index (χ2n) is 9.80.